The molecule has 2 aromatic carbocycles. The maximum absolute atomic E-state index is 15.7. The van der Waals surface area contributed by atoms with Crippen molar-refractivity contribution in [1.82, 2.24) is 34.8 Å². The van der Waals surface area contributed by atoms with Crippen LogP contribution in [-0.4, -0.2) is 81.2 Å². The van der Waals surface area contributed by atoms with Crippen LogP contribution in [0.1, 0.15) is 80.0 Å². The Bertz CT molecular complexity index is 2820. The van der Waals surface area contributed by atoms with Crippen LogP contribution in [0.4, 0.5) is 32.2 Å². The summed E-state index contributed by atoms with van der Waals surface area (Å²) in [7, 11) is -2.33. The van der Waals surface area contributed by atoms with Crippen molar-refractivity contribution in [3.05, 3.63) is 93.0 Å². The number of ether oxygens (including phenoxy) is 1. The molecule has 0 saturated carbocycles. The van der Waals surface area contributed by atoms with Gasteiger partial charge in [0.1, 0.15) is 40.9 Å². The molecule has 5 aromatic rings. The number of alkyl halides is 4. The molecule has 13 nitrogen and oxygen atoms in total. The van der Waals surface area contributed by atoms with Crippen molar-refractivity contribution in [3.8, 4) is 23.0 Å². The predicted molar refractivity (Wildman–Crippen MR) is 221 cm³/mol. The summed E-state index contributed by atoms with van der Waals surface area (Å²) >= 11 is 6.64. The number of carbonyl (C=O) groups excluding carboxylic acids is 2. The molecule has 1 fully saturated rings. The summed E-state index contributed by atoms with van der Waals surface area (Å²) in [5.41, 5.74) is -2.10. The summed E-state index contributed by atoms with van der Waals surface area (Å²) in [5, 5.41) is 11.2. The van der Waals surface area contributed by atoms with Crippen LogP contribution in [0.25, 0.3) is 22.0 Å². The van der Waals surface area contributed by atoms with Gasteiger partial charge >= 0.3 is 0 Å². The molecule has 2 aliphatic rings. The number of carbonyl (C=O) groups is 2. The number of fused-ring (bicyclic) bond motifs is 2. The van der Waals surface area contributed by atoms with Crippen LogP contribution >= 0.6 is 11.6 Å². The first kappa shape index (κ1) is 45.4. The van der Waals surface area contributed by atoms with E-state index in [2.05, 4.69) is 32.1 Å². The highest BCUT2D eigenvalue weighted by atomic mass is 35.5. The Labute approximate surface area is 363 Å². The average molecular weight is 919 g/mol. The highest BCUT2D eigenvalue weighted by molar-refractivity contribution is 7.92. The lowest BCUT2D eigenvalue weighted by Gasteiger charge is -2.36. The zero-order valence-electron chi connectivity index (χ0n) is 34.7. The van der Waals surface area contributed by atoms with E-state index in [0.29, 0.717) is 28.4 Å². The fraction of sp³-hybridized carbons (Fsp3) is 0.405. The zero-order chi connectivity index (χ0) is 45.9. The van der Waals surface area contributed by atoms with Gasteiger partial charge in [-0.2, -0.15) is 19.0 Å². The maximum atomic E-state index is 15.7. The van der Waals surface area contributed by atoms with Gasteiger partial charge in [0.25, 0.3) is 12.3 Å². The first-order chi connectivity index (χ1) is 29.5. The largest absolute Gasteiger partial charge is 0.359 e. The number of morpholine rings is 1. The number of aromatic nitrogens is 5. The average Bonchev–Trinajstić information content (AvgIpc) is 3.78. The van der Waals surface area contributed by atoms with Crippen molar-refractivity contribution in [2.45, 2.75) is 70.6 Å². The number of hydrogen-bond acceptors (Lipinski definition) is 8. The summed E-state index contributed by atoms with van der Waals surface area (Å²) in [6, 6.07) is 7.53. The van der Waals surface area contributed by atoms with Crippen LogP contribution in [0, 0.1) is 29.4 Å². The van der Waals surface area contributed by atoms with E-state index in [1.54, 1.807) is 24.0 Å². The van der Waals surface area contributed by atoms with Crippen molar-refractivity contribution < 1.29 is 49.1 Å². The van der Waals surface area contributed by atoms with Gasteiger partial charge in [0, 0.05) is 49.2 Å². The van der Waals surface area contributed by atoms with Gasteiger partial charge < -0.3 is 15.0 Å². The van der Waals surface area contributed by atoms with Gasteiger partial charge in [-0.15, -0.1) is 0 Å². The molecule has 0 radical (unpaired) electrons. The molecule has 0 bridgehead atoms. The van der Waals surface area contributed by atoms with E-state index >= 15 is 8.78 Å². The Balaban J connectivity index is 1.40. The fourth-order valence-corrected chi connectivity index (χ4v) is 8.93. The van der Waals surface area contributed by atoms with Gasteiger partial charge in [-0.25, -0.2) is 31.0 Å². The molecule has 63 heavy (non-hydrogen) atoms. The number of hydrogen-bond donors (Lipinski definition) is 2. The van der Waals surface area contributed by atoms with Crippen LogP contribution in [0.15, 0.2) is 42.5 Å². The Hall–Kier alpha value is -5.65. The molecule has 0 spiro atoms. The third-order valence-electron chi connectivity index (χ3n) is 11.2. The normalized spacial score (nSPS) is 20.1. The Kier molecular flexibility index (Phi) is 12.1. The number of rotatable bonds is 10. The summed E-state index contributed by atoms with van der Waals surface area (Å²) in [4.78, 5) is 32.8. The lowest BCUT2D eigenvalue weighted by molar-refractivity contribution is -0.139. The first-order valence-electron chi connectivity index (χ1n) is 19.5. The summed E-state index contributed by atoms with van der Waals surface area (Å²) < 4.78 is 124. The number of benzene rings is 2. The highest BCUT2D eigenvalue weighted by Crippen LogP contribution is 2.54. The number of anilines is 1. The first-order valence-corrected chi connectivity index (χ1v) is 21.8. The molecule has 7 rings (SSSR count). The molecular formula is C42H41ClF6N8O5S. The van der Waals surface area contributed by atoms with Crippen LogP contribution in [0.5, 0.6) is 0 Å². The number of halogens is 7. The van der Waals surface area contributed by atoms with E-state index in [1.807, 2.05) is 0 Å². The molecular weight excluding hydrogens is 878 g/mol. The van der Waals surface area contributed by atoms with Gasteiger partial charge in [0.2, 0.25) is 21.8 Å². The molecule has 21 heteroatoms. The molecule has 3 aromatic heterocycles. The molecule has 2 N–H and O–H groups in total. The van der Waals surface area contributed by atoms with E-state index in [4.69, 9.17) is 21.3 Å². The molecule has 4 heterocycles. The third-order valence-corrected chi connectivity index (χ3v) is 12.1. The number of nitrogens with one attached hydrogen (secondary N) is 2. The van der Waals surface area contributed by atoms with Crippen LogP contribution in [0.2, 0.25) is 5.02 Å². The van der Waals surface area contributed by atoms with Gasteiger partial charge in [-0.05, 0) is 61.1 Å². The maximum Gasteiger partial charge on any atom is 0.292 e. The van der Waals surface area contributed by atoms with E-state index in [0.717, 1.165) is 18.4 Å². The lowest BCUT2D eigenvalue weighted by atomic mass is 9.93. The van der Waals surface area contributed by atoms with Crippen molar-refractivity contribution in [1.29, 1.82) is 0 Å². The number of aryl methyl sites for hydroxylation is 1. The van der Waals surface area contributed by atoms with Gasteiger partial charge in [0.15, 0.2) is 5.82 Å². The van der Waals surface area contributed by atoms with Crippen molar-refractivity contribution in [2.24, 2.45) is 13.0 Å². The lowest BCUT2D eigenvalue weighted by Crippen LogP contribution is -2.50. The van der Waals surface area contributed by atoms with Crippen molar-refractivity contribution >= 4 is 50.2 Å². The molecule has 1 aliphatic heterocycles. The van der Waals surface area contributed by atoms with Crippen molar-refractivity contribution in [3.63, 3.8) is 0 Å². The Morgan fingerprint density at radius 2 is 1.73 bits per heavy atom. The Morgan fingerprint density at radius 1 is 1.05 bits per heavy atom. The monoisotopic (exact) mass is 918 g/mol. The third kappa shape index (κ3) is 9.09. The van der Waals surface area contributed by atoms with Crippen molar-refractivity contribution in [2.75, 3.05) is 30.7 Å². The Morgan fingerprint density at radius 3 is 2.38 bits per heavy atom. The highest BCUT2D eigenvalue weighted by Gasteiger charge is 2.55. The standard InChI is InChI=1S/C42H41ClF6N8O5S/c1-21-22(2)42(48,49)38-33(21)36(39(46)47)52-57(38)19-32(59)51-31(17-24-15-25(44)18-26(45)16-24)35-28(8-7-27(50-35)11-12-41(4)20-56(23(3)58)13-14-62-41)29-9-10-30(43)34-37(29)55(5)53-40(34)54-63(6,60)61/h7-10,15-16,18,21-22,31,39H,13-14,17,19-20H2,1-6H3,(H,51,59)(H,53,54)/t21-,22+,31-,41+/m0/s1. The minimum atomic E-state index is -3.86. The second kappa shape index (κ2) is 16.8. The molecule has 0 unspecified atom stereocenters. The van der Waals surface area contributed by atoms with E-state index in [1.165, 1.54) is 44.6 Å². The molecule has 334 valence electrons. The molecule has 1 saturated heterocycles. The minimum Gasteiger partial charge on any atom is -0.359 e. The van der Waals surface area contributed by atoms with Crippen LogP contribution in [0.3, 0.4) is 0 Å². The second-order valence-electron chi connectivity index (χ2n) is 16.0. The molecule has 1 aliphatic carbocycles. The molecule has 4 atom stereocenters. The summed E-state index contributed by atoms with van der Waals surface area (Å²) in [5.74, 6) is -3.18. The number of pyridine rings is 1. The fourth-order valence-electron chi connectivity index (χ4n) is 8.20. The summed E-state index contributed by atoms with van der Waals surface area (Å²) in [6.07, 6.45) is -2.65. The van der Waals surface area contributed by atoms with Gasteiger partial charge in [-0.3, -0.25) is 23.7 Å². The topological polar surface area (TPSA) is 153 Å². The SMILES string of the molecule is CC(=O)N1CCO[C@](C)(C#Cc2ccc(-c3ccc(Cl)c4c(NS(C)(=O)=O)nn(C)c34)c([C@H](Cc3cc(F)cc(F)c3)NC(=O)Cn3nc(C(F)F)c4c3C(F)(F)[C@H](C)[C@@H]4C)n2)C1. The van der Waals surface area contributed by atoms with Crippen LogP contribution in [-0.2, 0) is 50.3 Å². The zero-order valence-corrected chi connectivity index (χ0v) is 36.2. The van der Waals surface area contributed by atoms with E-state index < -0.39 is 81.3 Å². The number of amides is 2. The second-order valence-corrected chi connectivity index (χ2v) is 18.1. The smallest absolute Gasteiger partial charge is 0.292 e. The predicted octanol–water partition coefficient (Wildman–Crippen LogP) is 7.01. The number of sulfonamides is 1. The van der Waals surface area contributed by atoms with Gasteiger partial charge in [-0.1, -0.05) is 37.4 Å². The minimum absolute atomic E-state index is 0.0221. The summed E-state index contributed by atoms with van der Waals surface area (Å²) in [6.45, 7) is 5.46. The van der Waals surface area contributed by atoms with Crippen LogP contribution < -0.4 is 10.0 Å². The quantitative estimate of drug-likeness (QED) is 0.112. The molecule has 2 amide bonds. The van der Waals surface area contributed by atoms with Gasteiger partial charge in [0.05, 0.1) is 47.1 Å². The number of nitrogens with zero attached hydrogens (tertiary/aromatic N) is 6. The van der Waals surface area contributed by atoms with E-state index in [-0.39, 0.29) is 69.8 Å². The van der Waals surface area contributed by atoms with E-state index in [9.17, 15) is 35.6 Å².